The van der Waals surface area contributed by atoms with E-state index in [1.165, 1.54) is 30.6 Å². The average Bonchev–Trinajstić information content (AvgIpc) is 2.92. The first-order valence-corrected chi connectivity index (χ1v) is 7.49. The van der Waals surface area contributed by atoms with Crippen molar-refractivity contribution in [3.05, 3.63) is 60.4 Å². The van der Waals surface area contributed by atoms with E-state index in [1.54, 1.807) is 24.3 Å². The van der Waals surface area contributed by atoms with Gasteiger partial charge in [-0.1, -0.05) is 24.3 Å². The molecule has 0 saturated carbocycles. The highest BCUT2D eigenvalue weighted by Crippen LogP contribution is 2.13. The Morgan fingerprint density at radius 3 is 2.38 bits per heavy atom. The number of carbonyl (C=O) groups excluding carboxylic acids is 1. The zero-order valence-electron chi connectivity index (χ0n) is 10.7. The first kappa shape index (κ1) is 13.3. The van der Waals surface area contributed by atoms with Gasteiger partial charge in [-0.3, -0.25) is 0 Å². The van der Waals surface area contributed by atoms with E-state index in [2.05, 4.69) is 4.98 Å². The Labute approximate surface area is 120 Å². The maximum atomic E-state index is 12.6. The van der Waals surface area contributed by atoms with Crippen LogP contribution in [0.4, 0.5) is 0 Å². The first-order chi connectivity index (χ1) is 10.00. The molecule has 6 nitrogen and oxygen atoms in total. The molecule has 1 N–H and O–H groups in total. The van der Waals surface area contributed by atoms with Crippen molar-refractivity contribution in [1.29, 1.82) is 0 Å². The van der Waals surface area contributed by atoms with Crippen LogP contribution in [0, 0.1) is 0 Å². The minimum Gasteiger partial charge on any atom is -0.545 e. The topological polar surface area (TPSA) is 93.9 Å². The van der Waals surface area contributed by atoms with Gasteiger partial charge in [0.2, 0.25) is 0 Å². The lowest BCUT2D eigenvalue weighted by atomic mass is 10.2. The highest BCUT2D eigenvalue weighted by molar-refractivity contribution is 7.85. The van der Waals surface area contributed by atoms with E-state index in [-0.39, 0.29) is 10.5 Å². The molecule has 106 valence electrons. The number of para-hydroxylation sites is 2. The van der Waals surface area contributed by atoms with Gasteiger partial charge in [-0.25, -0.2) is 4.98 Å². The molecule has 0 fully saturated rings. The van der Waals surface area contributed by atoms with Crippen LogP contribution in [0.15, 0.2) is 59.8 Å². The summed E-state index contributed by atoms with van der Waals surface area (Å²) < 4.78 is 26.3. The van der Waals surface area contributed by atoms with Crippen LogP contribution in [-0.4, -0.2) is 19.4 Å². The Kier molecular flexibility index (Phi) is 2.99. The molecule has 0 aliphatic rings. The number of hydrogen-bond donors (Lipinski definition) is 1. The predicted octanol–water partition coefficient (Wildman–Crippen LogP) is 0.0559. The summed E-state index contributed by atoms with van der Waals surface area (Å²) in [5.41, 5.74) is 1.13. The van der Waals surface area contributed by atoms with Gasteiger partial charge in [0.1, 0.15) is 4.90 Å². The second-order valence-electron chi connectivity index (χ2n) is 4.40. The van der Waals surface area contributed by atoms with Gasteiger partial charge in [-0.05, 0) is 29.8 Å². The number of aromatic amines is 1. The fourth-order valence-corrected chi connectivity index (χ4v) is 3.38. The molecule has 0 atom stereocenters. The van der Waals surface area contributed by atoms with Gasteiger partial charge >= 0.3 is 10.0 Å². The van der Waals surface area contributed by atoms with Crippen molar-refractivity contribution in [1.82, 2.24) is 4.98 Å². The second-order valence-corrected chi connectivity index (χ2v) is 6.22. The van der Waals surface area contributed by atoms with Crippen LogP contribution >= 0.6 is 0 Å². The molecule has 0 bridgehead atoms. The minimum absolute atomic E-state index is 0.00209. The molecular weight excluding hydrogens is 292 g/mol. The maximum Gasteiger partial charge on any atom is 0.335 e. The summed E-state index contributed by atoms with van der Waals surface area (Å²) in [5.74, 6) is -1.35. The molecule has 0 unspecified atom stereocenters. The van der Waals surface area contributed by atoms with Crippen LogP contribution in [0.1, 0.15) is 10.4 Å². The van der Waals surface area contributed by atoms with Gasteiger partial charge in [-0.15, -0.1) is 3.97 Å². The van der Waals surface area contributed by atoms with Crippen molar-refractivity contribution in [2.45, 2.75) is 4.90 Å². The fourth-order valence-electron chi connectivity index (χ4n) is 2.06. The SMILES string of the molecule is O=C([O-])c1ccc(S(=O)(=O)[n+]2c[nH]c3ccccc32)cc1. The number of aromatic carboxylic acids is 1. The third-order valence-corrected chi connectivity index (χ3v) is 4.81. The number of carbonyl (C=O) groups is 1. The standard InChI is InChI=1S/C14H10N2O4S/c17-14(18)10-5-7-11(8-6-10)21(19,20)16-9-15-12-3-1-2-4-13(12)16/h1-9H,(H,17,18). The second kappa shape index (κ2) is 4.71. The van der Waals surface area contributed by atoms with Gasteiger partial charge in [-0.2, -0.15) is 8.42 Å². The lowest BCUT2D eigenvalue weighted by Crippen LogP contribution is -2.41. The minimum atomic E-state index is -3.79. The van der Waals surface area contributed by atoms with Crippen LogP contribution in [0.25, 0.3) is 11.0 Å². The number of carboxylic acids is 1. The number of nitrogens with zero attached hydrogens (tertiary/aromatic N) is 1. The Bertz CT molecular complexity index is 927. The quantitative estimate of drug-likeness (QED) is 0.692. The number of aromatic nitrogens is 2. The van der Waals surface area contributed by atoms with Crippen molar-refractivity contribution < 1.29 is 22.3 Å². The smallest absolute Gasteiger partial charge is 0.335 e. The van der Waals surface area contributed by atoms with Crippen LogP contribution in [0.5, 0.6) is 0 Å². The Morgan fingerprint density at radius 2 is 1.71 bits per heavy atom. The number of benzene rings is 2. The van der Waals surface area contributed by atoms with E-state index in [4.69, 9.17) is 0 Å². The average molecular weight is 302 g/mol. The summed E-state index contributed by atoms with van der Waals surface area (Å²) in [7, 11) is -3.79. The summed E-state index contributed by atoms with van der Waals surface area (Å²) in [6.45, 7) is 0. The van der Waals surface area contributed by atoms with Crippen LogP contribution in [0.2, 0.25) is 0 Å². The van der Waals surface area contributed by atoms with Gasteiger partial charge in [0.25, 0.3) is 6.33 Å². The number of carboxylic acid groups (broad SMARTS) is 1. The summed E-state index contributed by atoms with van der Waals surface area (Å²) in [5, 5.41) is 10.7. The first-order valence-electron chi connectivity index (χ1n) is 6.05. The van der Waals surface area contributed by atoms with Gasteiger partial charge < -0.3 is 9.90 Å². The zero-order chi connectivity index (χ0) is 15.0. The van der Waals surface area contributed by atoms with Crippen molar-refractivity contribution >= 4 is 27.0 Å². The van der Waals surface area contributed by atoms with E-state index in [1.807, 2.05) is 0 Å². The van der Waals surface area contributed by atoms with E-state index in [0.717, 1.165) is 3.97 Å². The number of fused-ring (bicyclic) bond motifs is 1. The normalized spacial score (nSPS) is 11.6. The van der Waals surface area contributed by atoms with Crippen molar-refractivity contribution in [2.24, 2.45) is 0 Å². The van der Waals surface area contributed by atoms with Crippen LogP contribution < -0.4 is 9.08 Å². The van der Waals surface area contributed by atoms with Crippen LogP contribution in [0.3, 0.4) is 0 Å². The zero-order valence-corrected chi connectivity index (χ0v) is 11.5. The largest absolute Gasteiger partial charge is 0.545 e. The molecule has 3 aromatic rings. The number of rotatable bonds is 3. The van der Waals surface area contributed by atoms with Gasteiger partial charge in [0, 0.05) is 0 Å². The Balaban J connectivity index is 2.14. The van der Waals surface area contributed by atoms with Crippen molar-refractivity contribution in [3.8, 4) is 0 Å². The van der Waals surface area contributed by atoms with E-state index < -0.39 is 16.0 Å². The van der Waals surface area contributed by atoms with E-state index in [9.17, 15) is 18.3 Å². The maximum absolute atomic E-state index is 12.6. The summed E-state index contributed by atoms with van der Waals surface area (Å²) >= 11 is 0. The molecule has 0 spiro atoms. The van der Waals surface area contributed by atoms with E-state index in [0.29, 0.717) is 11.0 Å². The van der Waals surface area contributed by atoms with Gasteiger partial charge in [0.15, 0.2) is 11.0 Å². The lowest BCUT2D eigenvalue weighted by Gasteiger charge is -2.04. The summed E-state index contributed by atoms with van der Waals surface area (Å²) in [6.07, 6.45) is 1.35. The third-order valence-electron chi connectivity index (χ3n) is 3.13. The monoisotopic (exact) mass is 302 g/mol. The summed E-state index contributed by atoms with van der Waals surface area (Å²) in [6, 6.07) is 11.9. The number of hydrogen-bond acceptors (Lipinski definition) is 4. The molecule has 1 heterocycles. The molecule has 7 heteroatoms. The summed E-state index contributed by atoms with van der Waals surface area (Å²) in [4.78, 5) is 13.6. The molecule has 0 radical (unpaired) electrons. The molecule has 0 amide bonds. The Hall–Kier alpha value is -2.67. The predicted molar refractivity (Wildman–Crippen MR) is 71.9 cm³/mol. The third kappa shape index (κ3) is 2.17. The highest BCUT2D eigenvalue weighted by atomic mass is 32.2. The van der Waals surface area contributed by atoms with Crippen molar-refractivity contribution in [3.63, 3.8) is 0 Å². The number of nitrogens with one attached hydrogen (secondary N) is 1. The number of imidazole rings is 1. The van der Waals surface area contributed by atoms with E-state index >= 15 is 0 Å². The molecular formula is C14H10N2O4S. The molecule has 0 saturated heterocycles. The van der Waals surface area contributed by atoms with Crippen molar-refractivity contribution in [2.75, 3.05) is 0 Å². The molecule has 21 heavy (non-hydrogen) atoms. The molecule has 2 aromatic carbocycles. The molecule has 1 aromatic heterocycles. The molecule has 0 aliphatic carbocycles. The number of H-pyrrole nitrogens is 1. The lowest BCUT2D eigenvalue weighted by molar-refractivity contribution is -0.480. The fraction of sp³-hybridized carbons (Fsp3) is 0. The molecule has 0 aliphatic heterocycles. The van der Waals surface area contributed by atoms with Gasteiger partial charge in [0.05, 0.1) is 5.97 Å². The Morgan fingerprint density at radius 1 is 1.05 bits per heavy atom. The molecule has 3 rings (SSSR count). The highest BCUT2D eigenvalue weighted by Gasteiger charge is 2.25. The van der Waals surface area contributed by atoms with Crippen LogP contribution in [-0.2, 0) is 10.0 Å².